The molecular formula is C38H30N10O3. The lowest BCUT2D eigenvalue weighted by atomic mass is 10.0. The summed E-state index contributed by atoms with van der Waals surface area (Å²) in [6, 6.07) is 26.5. The average molecular weight is 675 g/mol. The van der Waals surface area contributed by atoms with Gasteiger partial charge in [-0.15, -0.1) is 0 Å². The highest BCUT2D eigenvalue weighted by molar-refractivity contribution is 5.93. The van der Waals surface area contributed by atoms with Gasteiger partial charge in [-0.3, -0.25) is 29.1 Å². The molecule has 13 heteroatoms. The molecule has 250 valence electrons. The molecule has 0 aromatic carbocycles. The van der Waals surface area contributed by atoms with Crippen molar-refractivity contribution in [1.29, 1.82) is 0 Å². The third-order valence-electron chi connectivity index (χ3n) is 8.07. The number of nitrogens with zero attached hydrogens (tertiary/aromatic N) is 9. The van der Waals surface area contributed by atoms with Gasteiger partial charge in [0.05, 0.1) is 40.4 Å². The molecule has 0 saturated heterocycles. The predicted octanol–water partition coefficient (Wildman–Crippen LogP) is 6.03. The molecule has 8 heterocycles. The maximum Gasteiger partial charge on any atom is 0.356 e. The Morgan fingerprint density at radius 3 is 1.92 bits per heavy atom. The van der Waals surface area contributed by atoms with Crippen molar-refractivity contribution in [2.24, 2.45) is 5.73 Å². The van der Waals surface area contributed by atoms with Crippen molar-refractivity contribution in [3.63, 3.8) is 0 Å². The van der Waals surface area contributed by atoms with Crippen LogP contribution in [0.1, 0.15) is 38.1 Å². The molecule has 0 bridgehead atoms. The number of imidazole rings is 2. The van der Waals surface area contributed by atoms with Gasteiger partial charge in [0.2, 0.25) is 0 Å². The average Bonchev–Trinajstić information content (AvgIpc) is 3.71. The van der Waals surface area contributed by atoms with Gasteiger partial charge in [-0.1, -0.05) is 18.2 Å². The normalized spacial score (nSPS) is 11.0. The number of rotatable bonds is 6. The van der Waals surface area contributed by atoms with E-state index in [0.717, 1.165) is 45.2 Å². The van der Waals surface area contributed by atoms with Crippen molar-refractivity contribution >= 4 is 23.2 Å². The Hall–Kier alpha value is -7.15. The van der Waals surface area contributed by atoms with Crippen molar-refractivity contribution in [2.45, 2.75) is 20.8 Å². The SMILES string of the molecule is Cc1cccc(-c2ncccc2-c2ccc3nc(C)c(C(N)=O)n3c2)n1.Cc1cccc(-c2ncccc2-c2ccc3ncc(C(=O)O)n3n2)n1. The summed E-state index contributed by atoms with van der Waals surface area (Å²) in [6.07, 6.45) is 6.60. The molecular weight excluding hydrogens is 644 g/mol. The molecule has 51 heavy (non-hydrogen) atoms. The zero-order valence-electron chi connectivity index (χ0n) is 27.8. The van der Waals surface area contributed by atoms with Crippen LogP contribution in [0.4, 0.5) is 0 Å². The van der Waals surface area contributed by atoms with Crippen LogP contribution in [0.3, 0.4) is 0 Å². The van der Waals surface area contributed by atoms with Gasteiger partial charge in [0.15, 0.2) is 11.3 Å². The Bertz CT molecular complexity index is 2610. The Kier molecular flexibility index (Phi) is 8.51. The fraction of sp³-hybridized carbons (Fsp3) is 0.0789. The number of carbonyl (C=O) groups is 2. The molecule has 0 saturated carbocycles. The number of hydrogen-bond acceptors (Lipinski definition) is 9. The molecule has 0 aliphatic rings. The first kappa shape index (κ1) is 32.4. The van der Waals surface area contributed by atoms with Gasteiger partial charge in [0.1, 0.15) is 11.3 Å². The van der Waals surface area contributed by atoms with Crippen LogP contribution in [-0.2, 0) is 0 Å². The minimum Gasteiger partial charge on any atom is -0.476 e. The van der Waals surface area contributed by atoms with Crippen LogP contribution in [0.2, 0.25) is 0 Å². The molecule has 3 N–H and O–H groups in total. The van der Waals surface area contributed by atoms with E-state index in [2.05, 4.69) is 35.0 Å². The van der Waals surface area contributed by atoms with Crippen molar-refractivity contribution in [1.82, 2.24) is 43.9 Å². The Labute approximate surface area is 291 Å². The van der Waals surface area contributed by atoms with E-state index in [-0.39, 0.29) is 5.69 Å². The zero-order valence-corrected chi connectivity index (χ0v) is 27.8. The van der Waals surface area contributed by atoms with Crippen molar-refractivity contribution in [2.75, 3.05) is 0 Å². The smallest absolute Gasteiger partial charge is 0.356 e. The lowest BCUT2D eigenvalue weighted by molar-refractivity contribution is 0.0687. The number of aromatic carboxylic acids is 1. The minimum atomic E-state index is -1.08. The third-order valence-corrected chi connectivity index (χ3v) is 8.07. The molecule has 0 unspecified atom stereocenters. The zero-order chi connectivity index (χ0) is 35.6. The number of primary amides is 1. The highest BCUT2D eigenvalue weighted by atomic mass is 16.4. The number of amides is 1. The second-order valence-electron chi connectivity index (χ2n) is 11.6. The largest absolute Gasteiger partial charge is 0.476 e. The van der Waals surface area contributed by atoms with Crippen molar-refractivity contribution in [3.8, 4) is 45.2 Å². The standard InChI is InChI=1S/C20H17N5O.C18H13N5O2/c1-12-5-3-7-16(23-12)18-15(6-4-10-22-18)14-8-9-17-24-13(2)19(20(21)26)25(17)11-14;1-11-4-2-6-14(21-11)17-12(5-3-9-19-17)13-7-8-16-20-10-15(18(24)25)23(16)22-13/h3-11H,1-2H3,(H2,21,26);2-10H,1H3,(H,24,25). The van der Waals surface area contributed by atoms with E-state index in [1.165, 1.54) is 10.7 Å². The quantitative estimate of drug-likeness (QED) is 0.211. The van der Waals surface area contributed by atoms with E-state index in [1.807, 2.05) is 92.8 Å². The van der Waals surface area contributed by atoms with Crippen LogP contribution in [-0.4, -0.2) is 60.9 Å². The van der Waals surface area contributed by atoms with E-state index >= 15 is 0 Å². The van der Waals surface area contributed by atoms with Gasteiger partial charge in [-0.05, 0) is 87.5 Å². The molecule has 0 fully saturated rings. The first-order valence-electron chi connectivity index (χ1n) is 15.8. The van der Waals surface area contributed by atoms with E-state index in [1.54, 1.807) is 35.9 Å². The van der Waals surface area contributed by atoms with Crippen molar-refractivity contribution < 1.29 is 14.7 Å². The third kappa shape index (κ3) is 6.38. The molecule has 8 rings (SSSR count). The van der Waals surface area contributed by atoms with Gasteiger partial charge >= 0.3 is 5.97 Å². The summed E-state index contributed by atoms with van der Waals surface area (Å²) in [5, 5.41) is 13.7. The summed E-state index contributed by atoms with van der Waals surface area (Å²) >= 11 is 0. The number of hydrogen-bond donors (Lipinski definition) is 2. The number of fused-ring (bicyclic) bond motifs is 2. The fourth-order valence-electron chi connectivity index (χ4n) is 5.79. The number of aryl methyl sites for hydroxylation is 3. The first-order valence-corrected chi connectivity index (χ1v) is 15.8. The van der Waals surface area contributed by atoms with Crippen molar-refractivity contribution in [3.05, 3.63) is 138 Å². The Balaban J connectivity index is 0.000000159. The van der Waals surface area contributed by atoms with Crippen LogP contribution in [0.25, 0.3) is 56.5 Å². The highest BCUT2D eigenvalue weighted by Gasteiger charge is 2.17. The first-order chi connectivity index (χ1) is 24.7. The Morgan fingerprint density at radius 2 is 1.29 bits per heavy atom. The highest BCUT2D eigenvalue weighted by Crippen LogP contribution is 2.31. The van der Waals surface area contributed by atoms with Crippen LogP contribution in [0.5, 0.6) is 0 Å². The maximum absolute atomic E-state index is 11.8. The number of nitrogens with two attached hydrogens (primary N) is 1. The van der Waals surface area contributed by atoms with Gasteiger partial charge in [0.25, 0.3) is 5.91 Å². The minimum absolute atomic E-state index is 0.0102. The van der Waals surface area contributed by atoms with Crippen LogP contribution >= 0.6 is 0 Å². The lowest BCUT2D eigenvalue weighted by Gasteiger charge is -2.10. The topological polar surface area (TPSA) is 179 Å². The summed E-state index contributed by atoms with van der Waals surface area (Å²) in [5.41, 5.74) is 15.7. The molecule has 0 atom stereocenters. The van der Waals surface area contributed by atoms with Crippen LogP contribution in [0, 0.1) is 20.8 Å². The summed E-state index contributed by atoms with van der Waals surface area (Å²) in [6.45, 7) is 5.64. The number of aromatic nitrogens is 9. The molecule has 0 spiro atoms. The van der Waals surface area contributed by atoms with Gasteiger partial charge in [-0.2, -0.15) is 5.10 Å². The Morgan fingerprint density at radius 1 is 0.667 bits per heavy atom. The number of carboxylic acid groups (broad SMARTS) is 1. The molecule has 13 nitrogen and oxygen atoms in total. The molecule has 8 aromatic heterocycles. The number of carboxylic acids is 1. The van der Waals surface area contributed by atoms with E-state index < -0.39 is 11.9 Å². The van der Waals surface area contributed by atoms with Gasteiger partial charge < -0.3 is 10.8 Å². The number of carbonyl (C=O) groups excluding carboxylic acids is 1. The van der Waals surface area contributed by atoms with Crippen LogP contribution in [0.15, 0.2) is 110 Å². The molecule has 8 aromatic rings. The molecule has 0 radical (unpaired) electrons. The second-order valence-corrected chi connectivity index (χ2v) is 11.6. The molecule has 1 amide bonds. The predicted molar refractivity (Wildman–Crippen MR) is 191 cm³/mol. The number of pyridine rings is 5. The van der Waals surface area contributed by atoms with E-state index in [0.29, 0.717) is 34.1 Å². The summed E-state index contributed by atoms with van der Waals surface area (Å²) in [7, 11) is 0. The van der Waals surface area contributed by atoms with Gasteiger partial charge in [-0.25, -0.2) is 19.3 Å². The fourth-order valence-corrected chi connectivity index (χ4v) is 5.79. The molecule has 0 aliphatic carbocycles. The summed E-state index contributed by atoms with van der Waals surface area (Å²) < 4.78 is 3.05. The lowest BCUT2D eigenvalue weighted by Crippen LogP contribution is -2.15. The summed E-state index contributed by atoms with van der Waals surface area (Å²) in [4.78, 5) is 49.7. The monoisotopic (exact) mass is 674 g/mol. The molecule has 0 aliphatic heterocycles. The second kappa shape index (κ2) is 13.4. The van der Waals surface area contributed by atoms with E-state index in [9.17, 15) is 14.7 Å². The summed E-state index contributed by atoms with van der Waals surface area (Å²) in [5.74, 6) is -1.58. The maximum atomic E-state index is 11.8. The van der Waals surface area contributed by atoms with Gasteiger partial charge in [0, 0.05) is 46.7 Å². The van der Waals surface area contributed by atoms with E-state index in [4.69, 9.17) is 5.73 Å². The van der Waals surface area contributed by atoms with Crippen LogP contribution < -0.4 is 5.73 Å².